The number of rotatable bonds is 2. The molecule has 1 aliphatic carbocycles. The first-order chi connectivity index (χ1) is 9.74. The molecule has 0 bridgehead atoms. The molecule has 0 spiro atoms. The average molecular weight is 273 g/mol. The van der Waals surface area contributed by atoms with Crippen molar-refractivity contribution >= 4 is 5.71 Å². The molecule has 0 atom stereocenters. The maximum absolute atomic E-state index is 10.3. The molecule has 104 valence electrons. The van der Waals surface area contributed by atoms with Crippen molar-refractivity contribution < 1.29 is 15.2 Å². The fraction of sp³-hybridized carbons (Fsp3) is 0.286. The maximum atomic E-state index is 10.3. The van der Waals surface area contributed by atoms with Gasteiger partial charge in [0, 0.05) is 5.56 Å². The van der Waals surface area contributed by atoms with Gasteiger partial charge in [-0.15, -0.1) is 0 Å². The standard InChI is InChI=1S/C14H15N3O3/c1-20-10-7-5-9(6-8-10)14-15-13-11(16-18)3-2-4-12(13)17(14)19/h5-8,18-19H,2-4H2,1H3. The van der Waals surface area contributed by atoms with Crippen molar-refractivity contribution in [1.29, 1.82) is 0 Å². The predicted molar refractivity (Wildman–Crippen MR) is 72.7 cm³/mol. The molecule has 1 aromatic carbocycles. The number of imidazole rings is 1. The molecule has 0 aliphatic heterocycles. The van der Waals surface area contributed by atoms with Crippen LogP contribution in [0.25, 0.3) is 11.4 Å². The van der Waals surface area contributed by atoms with E-state index in [1.54, 1.807) is 7.11 Å². The molecule has 0 radical (unpaired) electrons. The number of aromatic nitrogens is 2. The molecule has 2 N–H and O–H groups in total. The summed E-state index contributed by atoms with van der Waals surface area (Å²) in [5, 5.41) is 22.5. The first-order valence-electron chi connectivity index (χ1n) is 6.41. The Bertz CT molecular complexity index is 659. The van der Waals surface area contributed by atoms with Gasteiger partial charge in [-0.3, -0.25) is 0 Å². The lowest BCUT2D eigenvalue weighted by molar-refractivity contribution is 0.181. The molecule has 6 heteroatoms. The van der Waals surface area contributed by atoms with Gasteiger partial charge in [0.2, 0.25) is 0 Å². The van der Waals surface area contributed by atoms with Gasteiger partial charge in [0.25, 0.3) is 0 Å². The Kier molecular flexibility index (Phi) is 3.06. The molecule has 0 unspecified atom stereocenters. The van der Waals surface area contributed by atoms with Crippen LogP contribution in [-0.4, -0.2) is 33.0 Å². The van der Waals surface area contributed by atoms with Crippen molar-refractivity contribution in [2.75, 3.05) is 7.11 Å². The van der Waals surface area contributed by atoms with Crippen molar-refractivity contribution in [3.63, 3.8) is 0 Å². The Morgan fingerprint density at radius 1 is 1.25 bits per heavy atom. The smallest absolute Gasteiger partial charge is 0.176 e. The Morgan fingerprint density at radius 3 is 2.65 bits per heavy atom. The summed E-state index contributed by atoms with van der Waals surface area (Å²) in [5.74, 6) is 1.19. The second-order valence-electron chi connectivity index (χ2n) is 4.67. The van der Waals surface area contributed by atoms with Gasteiger partial charge < -0.3 is 15.2 Å². The van der Waals surface area contributed by atoms with Crippen LogP contribution in [0.4, 0.5) is 0 Å². The number of benzene rings is 1. The van der Waals surface area contributed by atoms with Gasteiger partial charge >= 0.3 is 0 Å². The van der Waals surface area contributed by atoms with Crippen LogP contribution >= 0.6 is 0 Å². The fourth-order valence-electron chi connectivity index (χ4n) is 2.47. The zero-order valence-electron chi connectivity index (χ0n) is 11.1. The highest BCUT2D eigenvalue weighted by atomic mass is 16.5. The van der Waals surface area contributed by atoms with Crippen LogP contribution in [0, 0.1) is 0 Å². The van der Waals surface area contributed by atoms with Gasteiger partial charge in [-0.1, -0.05) is 5.16 Å². The Hall–Kier alpha value is -2.50. The van der Waals surface area contributed by atoms with Crippen LogP contribution in [0.1, 0.15) is 24.2 Å². The average Bonchev–Trinajstić information content (AvgIpc) is 2.85. The van der Waals surface area contributed by atoms with E-state index in [0.29, 0.717) is 35.8 Å². The fourth-order valence-corrected chi connectivity index (χ4v) is 2.47. The lowest BCUT2D eigenvalue weighted by atomic mass is 9.99. The van der Waals surface area contributed by atoms with Crippen LogP contribution in [0.5, 0.6) is 5.75 Å². The van der Waals surface area contributed by atoms with Gasteiger partial charge in [-0.25, -0.2) is 4.98 Å². The number of oxime groups is 1. The first kappa shape index (κ1) is 12.5. The SMILES string of the molecule is COc1ccc(-c2nc3c(n2O)CCCC3=NO)cc1. The number of hydrogen-bond acceptors (Lipinski definition) is 5. The molecule has 6 nitrogen and oxygen atoms in total. The lowest BCUT2D eigenvalue weighted by Crippen LogP contribution is -2.13. The van der Waals surface area contributed by atoms with E-state index in [9.17, 15) is 5.21 Å². The summed E-state index contributed by atoms with van der Waals surface area (Å²) in [4.78, 5) is 4.41. The lowest BCUT2D eigenvalue weighted by Gasteiger charge is -2.11. The van der Waals surface area contributed by atoms with E-state index in [4.69, 9.17) is 9.94 Å². The molecular weight excluding hydrogens is 258 g/mol. The first-order valence-corrected chi connectivity index (χ1v) is 6.41. The molecule has 0 fully saturated rings. The summed E-state index contributed by atoms with van der Waals surface area (Å²) >= 11 is 0. The van der Waals surface area contributed by atoms with Crippen LogP contribution < -0.4 is 4.74 Å². The summed E-state index contributed by atoms with van der Waals surface area (Å²) in [6, 6.07) is 7.28. The number of ether oxygens (including phenoxy) is 1. The molecule has 3 rings (SSSR count). The third-order valence-corrected chi connectivity index (χ3v) is 3.52. The molecule has 1 heterocycles. The second-order valence-corrected chi connectivity index (χ2v) is 4.67. The molecule has 20 heavy (non-hydrogen) atoms. The van der Waals surface area contributed by atoms with E-state index < -0.39 is 0 Å². The Balaban J connectivity index is 2.08. The third-order valence-electron chi connectivity index (χ3n) is 3.52. The molecule has 1 aliphatic rings. The van der Waals surface area contributed by atoms with Gasteiger partial charge in [0.1, 0.15) is 17.2 Å². The summed E-state index contributed by atoms with van der Waals surface area (Å²) in [7, 11) is 1.60. The van der Waals surface area contributed by atoms with E-state index in [0.717, 1.165) is 22.5 Å². The molecule has 0 saturated heterocycles. The molecular formula is C14H15N3O3. The largest absolute Gasteiger partial charge is 0.497 e. The van der Waals surface area contributed by atoms with Crippen molar-refractivity contribution in [2.45, 2.75) is 19.3 Å². The molecule has 1 aromatic heterocycles. The van der Waals surface area contributed by atoms with Gasteiger partial charge in [-0.2, -0.15) is 4.73 Å². The molecule has 0 amide bonds. The normalized spacial score (nSPS) is 16.1. The van der Waals surface area contributed by atoms with Gasteiger partial charge in [-0.05, 0) is 43.5 Å². The van der Waals surface area contributed by atoms with Crippen molar-refractivity contribution in [2.24, 2.45) is 5.16 Å². The zero-order valence-corrected chi connectivity index (χ0v) is 11.1. The maximum Gasteiger partial charge on any atom is 0.176 e. The summed E-state index contributed by atoms with van der Waals surface area (Å²) in [5.41, 5.74) is 2.57. The summed E-state index contributed by atoms with van der Waals surface area (Å²) in [6.07, 6.45) is 2.22. The quantitative estimate of drug-likeness (QED) is 0.500. The minimum Gasteiger partial charge on any atom is -0.497 e. The zero-order chi connectivity index (χ0) is 14.1. The highest BCUT2D eigenvalue weighted by molar-refractivity contribution is 6.00. The summed E-state index contributed by atoms with van der Waals surface area (Å²) < 4.78 is 6.19. The van der Waals surface area contributed by atoms with Crippen LogP contribution in [0.2, 0.25) is 0 Å². The number of fused-ring (bicyclic) bond motifs is 1. The summed E-state index contributed by atoms with van der Waals surface area (Å²) in [6.45, 7) is 0. The topological polar surface area (TPSA) is 79.9 Å². The van der Waals surface area contributed by atoms with Crippen LogP contribution in [-0.2, 0) is 6.42 Å². The predicted octanol–water partition coefficient (Wildman–Crippen LogP) is 2.31. The van der Waals surface area contributed by atoms with Crippen molar-refractivity contribution in [3.05, 3.63) is 35.7 Å². The van der Waals surface area contributed by atoms with Crippen molar-refractivity contribution in [1.82, 2.24) is 9.71 Å². The third kappa shape index (κ3) is 1.89. The van der Waals surface area contributed by atoms with E-state index in [2.05, 4.69) is 10.1 Å². The van der Waals surface area contributed by atoms with Crippen LogP contribution in [0.15, 0.2) is 29.4 Å². The minimum atomic E-state index is 0.445. The van der Waals surface area contributed by atoms with Gasteiger partial charge in [0.05, 0.1) is 12.8 Å². The molecule has 0 saturated carbocycles. The van der Waals surface area contributed by atoms with E-state index in [1.165, 1.54) is 0 Å². The Labute approximate surface area is 115 Å². The van der Waals surface area contributed by atoms with Crippen LogP contribution in [0.3, 0.4) is 0 Å². The number of hydrogen-bond donors (Lipinski definition) is 2. The van der Waals surface area contributed by atoms with E-state index in [1.807, 2.05) is 24.3 Å². The van der Waals surface area contributed by atoms with E-state index in [-0.39, 0.29) is 0 Å². The highest BCUT2D eigenvalue weighted by Crippen LogP contribution is 2.28. The molecule has 2 aromatic rings. The number of nitrogens with zero attached hydrogens (tertiary/aromatic N) is 3. The number of methoxy groups -OCH3 is 1. The van der Waals surface area contributed by atoms with Crippen molar-refractivity contribution in [3.8, 4) is 17.1 Å². The highest BCUT2D eigenvalue weighted by Gasteiger charge is 2.25. The Morgan fingerprint density at radius 2 is 2.00 bits per heavy atom. The second kappa shape index (κ2) is 4.88. The van der Waals surface area contributed by atoms with Gasteiger partial charge in [0.15, 0.2) is 5.82 Å². The monoisotopic (exact) mass is 273 g/mol. The van der Waals surface area contributed by atoms with E-state index >= 15 is 0 Å². The minimum absolute atomic E-state index is 0.445.